The summed E-state index contributed by atoms with van der Waals surface area (Å²) in [5.74, 6) is -0.840. The van der Waals surface area contributed by atoms with Gasteiger partial charge in [0.1, 0.15) is 0 Å². The minimum atomic E-state index is -3.48. The highest BCUT2D eigenvalue weighted by atomic mass is 32.2. The molecule has 6 heteroatoms. The summed E-state index contributed by atoms with van der Waals surface area (Å²) < 4.78 is 23.8. The zero-order chi connectivity index (χ0) is 10.6. The normalized spacial score (nSPS) is 14.2. The van der Waals surface area contributed by atoms with Crippen molar-refractivity contribution < 1.29 is 13.2 Å². The molecule has 78 valence electrons. The molecule has 0 aromatic carbocycles. The van der Waals surface area contributed by atoms with Crippen LogP contribution in [0.25, 0.3) is 0 Å². The molecule has 1 amide bonds. The third-order valence-corrected chi connectivity index (χ3v) is 2.93. The van der Waals surface area contributed by atoms with Gasteiger partial charge in [0.15, 0.2) is 0 Å². The van der Waals surface area contributed by atoms with Crippen molar-refractivity contribution in [3.05, 3.63) is 0 Å². The second-order valence-corrected chi connectivity index (χ2v) is 5.15. The summed E-state index contributed by atoms with van der Waals surface area (Å²) in [6.07, 6.45) is 0. The number of carbonyl (C=O) groups excluding carboxylic acids is 1. The van der Waals surface area contributed by atoms with Gasteiger partial charge in [-0.15, -0.1) is 0 Å². The molecule has 0 aliphatic rings. The van der Waals surface area contributed by atoms with E-state index in [2.05, 4.69) is 0 Å². The molecule has 0 fully saturated rings. The molecule has 0 unspecified atom stereocenters. The van der Waals surface area contributed by atoms with Crippen LogP contribution in [0, 0.1) is 5.92 Å². The van der Waals surface area contributed by atoms with E-state index in [9.17, 15) is 13.2 Å². The lowest BCUT2D eigenvalue weighted by Crippen LogP contribution is -2.46. The van der Waals surface area contributed by atoms with Gasteiger partial charge in [-0.05, 0) is 12.8 Å². The van der Waals surface area contributed by atoms with Crippen LogP contribution in [0.5, 0.6) is 0 Å². The number of hydrogen-bond donors (Lipinski definition) is 2. The molecule has 0 spiro atoms. The van der Waals surface area contributed by atoms with Gasteiger partial charge in [-0.25, -0.2) is 8.42 Å². The first kappa shape index (κ1) is 12.4. The summed E-state index contributed by atoms with van der Waals surface area (Å²) >= 11 is 0. The van der Waals surface area contributed by atoms with E-state index >= 15 is 0 Å². The molecular formula is C7H16N2O3S. The lowest BCUT2D eigenvalue weighted by molar-refractivity contribution is -0.121. The monoisotopic (exact) mass is 208 g/mol. The summed E-state index contributed by atoms with van der Waals surface area (Å²) in [7, 11) is -3.48. The summed E-state index contributed by atoms with van der Waals surface area (Å²) in [5.41, 5.74) is 5.45. The van der Waals surface area contributed by atoms with Crippen LogP contribution < -0.4 is 10.5 Å². The van der Waals surface area contributed by atoms with Crippen molar-refractivity contribution in [3.63, 3.8) is 0 Å². The van der Waals surface area contributed by atoms with Gasteiger partial charge >= 0.3 is 0 Å². The molecule has 0 saturated carbocycles. The Bertz CT molecular complexity index is 271. The molecule has 13 heavy (non-hydrogen) atoms. The molecule has 0 aromatic rings. The quantitative estimate of drug-likeness (QED) is 0.648. The van der Waals surface area contributed by atoms with Crippen LogP contribution in [0.3, 0.4) is 0 Å². The highest BCUT2D eigenvalue weighted by molar-refractivity contribution is 7.90. The molecule has 0 heterocycles. The average molecular weight is 208 g/mol. The Morgan fingerprint density at radius 3 is 2.23 bits per heavy atom. The van der Waals surface area contributed by atoms with Crippen LogP contribution in [0.1, 0.15) is 20.8 Å². The van der Waals surface area contributed by atoms with Crippen LogP contribution in [0.2, 0.25) is 0 Å². The molecule has 0 saturated heterocycles. The lowest BCUT2D eigenvalue weighted by Gasteiger charge is -2.14. The van der Waals surface area contributed by atoms with Crippen molar-refractivity contribution in [2.24, 2.45) is 11.7 Å². The first-order chi connectivity index (χ1) is 5.80. The van der Waals surface area contributed by atoms with E-state index in [1.807, 2.05) is 4.72 Å². The predicted molar refractivity (Wildman–Crippen MR) is 50.4 cm³/mol. The molecule has 3 N–H and O–H groups in total. The van der Waals surface area contributed by atoms with Gasteiger partial charge in [0.05, 0.1) is 11.8 Å². The SMILES string of the molecule is CCS(=O)(=O)NC(=O)[C@@H](N)C(C)C. The first-order valence-electron chi connectivity index (χ1n) is 4.10. The van der Waals surface area contributed by atoms with E-state index in [4.69, 9.17) is 5.73 Å². The molecule has 5 nitrogen and oxygen atoms in total. The Kier molecular flexibility index (Phi) is 4.35. The maximum atomic E-state index is 11.1. The average Bonchev–Trinajstić information content (AvgIpc) is 2.02. The molecule has 0 aliphatic carbocycles. The second-order valence-electron chi connectivity index (χ2n) is 3.14. The Morgan fingerprint density at radius 2 is 1.92 bits per heavy atom. The second kappa shape index (κ2) is 4.57. The fourth-order valence-corrected chi connectivity index (χ4v) is 1.18. The van der Waals surface area contributed by atoms with E-state index in [0.29, 0.717) is 0 Å². The highest BCUT2D eigenvalue weighted by Crippen LogP contribution is 1.98. The predicted octanol–water partition coefficient (Wildman–Crippen LogP) is -0.564. The topological polar surface area (TPSA) is 89.3 Å². The van der Waals surface area contributed by atoms with Crippen LogP contribution in [0.15, 0.2) is 0 Å². The van der Waals surface area contributed by atoms with E-state index in [1.54, 1.807) is 13.8 Å². The number of nitrogens with one attached hydrogen (secondary N) is 1. The minimum Gasteiger partial charge on any atom is -0.320 e. The van der Waals surface area contributed by atoms with Gasteiger partial charge in [-0.3, -0.25) is 9.52 Å². The van der Waals surface area contributed by atoms with Gasteiger partial charge in [0.2, 0.25) is 10.0 Å². The molecule has 0 aliphatic heterocycles. The van der Waals surface area contributed by atoms with Gasteiger partial charge < -0.3 is 5.73 Å². The van der Waals surface area contributed by atoms with Crippen molar-refractivity contribution in [2.75, 3.05) is 5.75 Å². The van der Waals surface area contributed by atoms with E-state index in [-0.39, 0.29) is 11.7 Å². The number of hydrogen-bond acceptors (Lipinski definition) is 4. The third-order valence-electron chi connectivity index (χ3n) is 1.66. The molecule has 0 bridgehead atoms. The highest BCUT2D eigenvalue weighted by Gasteiger charge is 2.21. The molecule has 1 atom stereocenters. The Morgan fingerprint density at radius 1 is 1.46 bits per heavy atom. The number of amides is 1. The van der Waals surface area contributed by atoms with Crippen molar-refractivity contribution in [2.45, 2.75) is 26.8 Å². The van der Waals surface area contributed by atoms with Crippen LogP contribution in [0.4, 0.5) is 0 Å². The summed E-state index contributed by atoms with van der Waals surface area (Å²) in [6, 6.07) is -0.777. The number of carbonyl (C=O) groups is 1. The Hall–Kier alpha value is -0.620. The first-order valence-corrected chi connectivity index (χ1v) is 5.75. The van der Waals surface area contributed by atoms with Gasteiger partial charge in [0.25, 0.3) is 5.91 Å². The standard InChI is InChI=1S/C7H16N2O3S/c1-4-13(11,12)9-7(10)6(8)5(2)3/h5-6H,4,8H2,1-3H3,(H,9,10)/t6-/m0/s1. The zero-order valence-electron chi connectivity index (χ0n) is 8.07. The van der Waals surface area contributed by atoms with Gasteiger partial charge in [-0.2, -0.15) is 0 Å². The van der Waals surface area contributed by atoms with E-state index in [1.165, 1.54) is 6.92 Å². The molecule has 0 aromatic heterocycles. The van der Waals surface area contributed by atoms with Gasteiger partial charge in [-0.1, -0.05) is 13.8 Å². The van der Waals surface area contributed by atoms with Crippen molar-refractivity contribution in [1.82, 2.24) is 4.72 Å². The minimum absolute atomic E-state index is 0.0768. The summed E-state index contributed by atoms with van der Waals surface area (Å²) in [6.45, 7) is 4.96. The lowest BCUT2D eigenvalue weighted by atomic mass is 10.1. The van der Waals surface area contributed by atoms with E-state index in [0.717, 1.165) is 0 Å². The maximum Gasteiger partial charge on any atom is 0.250 e. The van der Waals surface area contributed by atoms with Crippen LogP contribution in [-0.2, 0) is 14.8 Å². The number of nitrogens with two attached hydrogens (primary N) is 1. The fourth-order valence-electron chi connectivity index (χ4n) is 0.596. The summed E-state index contributed by atoms with van der Waals surface area (Å²) in [4.78, 5) is 11.1. The van der Waals surface area contributed by atoms with Crippen LogP contribution in [-0.4, -0.2) is 26.1 Å². The number of rotatable bonds is 4. The molecule has 0 rings (SSSR count). The smallest absolute Gasteiger partial charge is 0.250 e. The third kappa shape index (κ3) is 4.23. The number of sulfonamides is 1. The Balaban J connectivity index is 4.33. The fraction of sp³-hybridized carbons (Fsp3) is 0.857. The van der Waals surface area contributed by atoms with Crippen molar-refractivity contribution in [3.8, 4) is 0 Å². The van der Waals surface area contributed by atoms with E-state index < -0.39 is 22.0 Å². The largest absolute Gasteiger partial charge is 0.320 e. The zero-order valence-corrected chi connectivity index (χ0v) is 8.89. The Labute approximate surface area is 78.7 Å². The molecular weight excluding hydrogens is 192 g/mol. The maximum absolute atomic E-state index is 11.1. The van der Waals surface area contributed by atoms with Crippen molar-refractivity contribution >= 4 is 15.9 Å². The van der Waals surface area contributed by atoms with Crippen molar-refractivity contribution in [1.29, 1.82) is 0 Å². The molecule has 0 radical (unpaired) electrons. The van der Waals surface area contributed by atoms with Gasteiger partial charge in [0, 0.05) is 0 Å². The van der Waals surface area contributed by atoms with Crippen LogP contribution >= 0.6 is 0 Å². The summed E-state index contributed by atoms with van der Waals surface area (Å²) in [5, 5.41) is 0.